The van der Waals surface area contributed by atoms with E-state index in [9.17, 15) is 0 Å². The number of oxazole rings is 1. The van der Waals surface area contributed by atoms with Crippen LogP contribution >= 0.6 is 0 Å². The van der Waals surface area contributed by atoms with E-state index in [2.05, 4.69) is 35.5 Å². The number of aryl methyl sites for hydroxylation is 1. The quantitative estimate of drug-likeness (QED) is 0.880. The summed E-state index contributed by atoms with van der Waals surface area (Å²) in [7, 11) is 2.06. The zero-order valence-corrected chi connectivity index (χ0v) is 11.1. The summed E-state index contributed by atoms with van der Waals surface area (Å²) in [5, 5.41) is 3.38. The van der Waals surface area contributed by atoms with E-state index in [1.165, 1.54) is 31.2 Å². The molecule has 0 aliphatic heterocycles. The number of nitrogens with one attached hydrogen (secondary N) is 1. The number of benzene rings is 1. The second-order valence-corrected chi connectivity index (χ2v) is 5.30. The van der Waals surface area contributed by atoms with Crippen molar-refractivity contribution >= 4 is 11.1 Å². The first kappa shape index (κ1) is 11.7. The maximum atomic E-state index is 5.52. The van der Waals surface area contributed by atoms with Gasteiger partial charge in [0.05, 0.1) is 0 Å². The molecular formula is C15H20N2O. The van der Waals surface area contributed by atoms with Crippen LogP contribution in [0.4, 0.5) is 0 Å². The van der Waals surface area contributed by atoms with Crippen LogP contribution in [0.1, 0.15) is 43.1 Å². The Morgan fingerprint density at radius 3 is 2.72 bits per heavy atom. The number of hydrogen-bond donors (Lipinski definition) is 1. The predicted molar refractivity (Wildman–Crippen MR) is 72.8 cm³/mol. The fraction of sp³-hybridized carbons (Fsp3) is 0.533. The van der Waals surface area contributed by atoms with E-state index in [0.717, 1.165) is 17.0 Å². The highest BCUT2D eigenvalue weighted by Gasteiger charge is 2.21. The van der Waals surface area contributed by atoms with Crippen LogP contribution < -0.4 is 5.32 Å². The van der Waals surface area contributed by atoms with Crippen LogP contribution in [0.15, 0.2) is 22.6 Å². The first-order valence-corrected chi connectivity index (χ1v) is 6.80. The molecule has 96 valence electrons. The lowest BCUT2D eigenvalue weighted by atomic mass is 9.82. The molecular weight excluding hydrogens is 224 g/mol. The van der Waals surface area contributed by atoms with E-state index in [1.807, 2.05) is 6.92 Å². The topological polar surface area (TPSA) is 38.1 Å². The van der Waals surface area contributed by atoms with Crippen LogP contribution in [0.2, 0.25) is 0 Å². The molecule has 1 aromatic heterocycles. The molecule has 0 radical (unpaired) electrons. The van der Waals surface area contributed by atoms with Gasteiger partial charge >= 0.3 is 0 Å². The highest BCUT2D eigenvalue weighted by atomic mass is 16.3. The van der Waals surface area contributed by atoms with E-state index in [-0.39, 0.29) is 0 Å². The van der Waals surface area contributed by atoms with Crippen LogP contribution in [0.25, 0.3) is 11.1 Å². The van der Waals surface area contributed by atoms with Crippen molar-refractivity contribution in [2.24, 2.45) is 0 Å². The van der Waals surface area contributed by atoms with E-state index < -0.39 is 0 Å². The van der Waals surface area contributed by atoms with Crippen LogP contribution in [0, 0.1) is 6.92 Å². The molecule has 3 nitrogen and oxygen atoms in total. The van der Waals surface area contributed by atoms with Crippen molar-refractivity contribution in [1.82, 2.24) is 10.3 Å². The first-order chi connectivity index (χ1) is 8.76. The molecule has 0 amide bonds. The van der Waals surface area contributed by atoms with E-state index in [4.69, 9.17) is 4.42 Å². The van der Waals surface area contributed by atoms with Gasteiger partial charge in [-0.2, -0.15) is 0 Å². The maximum Gasteiger partial charge on any atom is 0.192 e. The molecule has 3 rings (SSSR count). The van der Waals surface area contributed by atoms with Gasteiger partial charge in [-0.25, -0.2) is 4.98 Å². The molecule has 1 heterocycles. The Kier molecular flexibility index (Phi) is 3.08. The Balaban J connectivity index is 1.82. The van der Waals surface area contributed by atoms with Gasteiger partial charge in [-0.1, -0.05) is 6.07 Å². The van der Waals surface area contributed by atoms with Crippen molar-refractivity contribution < 1.29 is 4.42 Å². The van der Waals surface area contributed by atoms with Crippen molar-refractivity contribution in [2.45, 2.75) is 44.6 Å². The summed E-state index contributed by atoms with van der Waals surface area (Å²) in [6.07, 6.45) is 5.09. The van der Waals surface area contributed by atoms with Gasteiger partial charge in [-0.05, 0) is 56.3 Å². The molecule has 0 spiro atoms. The van der Waals surface area contributed by atoms with Gasteiger partial charge in [0.25, 0.3) is 0 Å². The molecule has 1 fully saturated rings. The lowest BCUT2D eigenvalue weighted by Gasteiger charge is -2.28. The van der Waals surface area contributed by atoms with Crippen molar-refractivity contribution in [1.29, 1.82) is 0 Å². The molecule has 1 saturated carbocycles. The number of rotatable bonds is 2. The fourth-order valence-electron chi connectivity index (χ4n) is 3.03. The maximum absolute atomic E-state index is 5.52. The second kappa shape index (κ2) is 4.73. The molecule has 18 heavy (non-hydrogen) atoms. The van der Waals surface area contributed by atoms with Crippen LogP contribution in [0.3, 0.4) is 0 Å². The summed E-state index contributed by atoms with van der Waals surface area (Å²) in [4.78, 5) is 4.42. The Hall–Kier alpha value is -1.35. The minimum Gasteiger partial charge on any atom is -0.441 e. The fourth-order valence-corrected chi connectivity index (χ4v) is 3.03. The Morgan fingerprint density at radius 1 is 1.22 bits per heavy atom. The van der Waals surface area contributed by atoms with Gasteiger partial charge in [0.2, 0.25) is 0 Å². The van der Waals surface area contributed by atoms with Gasteiger partial charge in [-0.15, -0.1) is 0 Å². The summed E-state index contributed by atoms with van der Waals surface area (Å²) in [6.45, 7) is 1.90. The minimum atomic E-state index is 0.691. The van der Waals surface area contributed by atoms with Crippen LogP contribution in [-0.4, -0.2) is 18.1 Å². The molecule has 1 aliphatic rings. The van der Waals surface area contributed by atoms with Gasteiger partial charge in [-0.3, -0.25) is 0 Å². The van der Waals surface area contributed by atoms with Gasteiger partial charge in [0, 0.05) is 13.0 Å². The number of nitrogens with zero attached hydrogens (tertiary/aromatic N) is 1. The molecule has 0 atom stereocenters. The molecule has 1 aliphatic carbocycles. The lowest BCUT2D eigenvalue weighted by molar-refractivity contribution is 0.359. The van der Waals surface area contributed by atoms with E-state index in [0.29, 0.717) is 12.0 Å². The molecule has 0 unspecified atom stereocenters. The highest BCUT2D eigenvalue weighted by molar-refractivity contribution is 5.73. The first-order valence-electron chi connectivity index (χ1n) is 6.80. The van der Waals surface area contributed by atoms with Gasteiger partial charge < -0.3 is 9.73 Å². The minimum absolute atomic E-state index is 0.691. The Labute approximate surface area is 108 Å². The molecule has 1 aromatic carbocycles. The Morgan fingerprint density at radius 2 is 2.00 bits per heavy atom. The van der Waals surface area contributed by atoms with Crippen LogP contribution in [-0.2, 0) is 0 Å². The molecule has 2 aromatic rings. The van der Waals surface area contributed by atoms with Crippen molar-refractivity contribution in [3.8, 4) is 0 Å². The molecule has 3 heteroatoms. The zero-order valence-electron chi connectivity index (χ0n) is 11.1. The number of fused-ring (bicyclic) bond motifs is 1. The monoisotopic (exact) mass is 244 g/mol. The zero-order chi connectivity index (χ0) is 12.5. The molecule has 0 bridgehead atoms. The third kappa shape index (κ3) is 2.15. The normalized spacial score (nSPS) is 24.6. The SMILES string of the molecule is CNC1CCC(c2ccc3oc(C)nc3c2)CC1. The average Bonchev–Trinajstić information content (AvgIpc) is 2.78. The third-order valence-corrected chi connectivity index (χ3v) is 4.13. The van der Waals surface area contributed by atoms with Crippen molar-refractivity contribution in [2.75, 3.05) is 7.05 Å². The molecule has 1 N–H and O–H groups in total. The summed E-state index contributed by atoms with van der Waals surface area (Å²) in [5.74, 6) is 1.44. The van der Waals surface area contributed by atoms with Gasteiger partial charge in [0.1, 0.15) is 5.52 Å². The average molecular weight is 244 g/mol. The smallest absolute Gasteiger partial charge is 0.192 e. The van der Waals surface area contributed by atoms with E-state index in [1.54, 1.807) is 0 Å². The largest absolute Gasteiger partial charge is 0.441 e. The van der Waals surface area contributed by atoms with Crippen molar-refractivity contribution in [3.63, 3.8) is 0 Å². The third-order valence-electron chi connectivity index (χ3n) is 4.13. The molecule has 0 saturated heterocycles. The standard InChI is InChI=1S/C15H20N2O/c1-10-17-14-9-12(5-8-15(14)18-10)11-3-6-13(16-2)7-4-11/h5,8-9,11,13,16H,3-4,6-7H2,1-2H3. The summed E-state index contributed by atoms with van der Waals surface area (Å²) >= 11 is 0. The second-order valence-electron chi connectivity index (χ2n) is 5.30. The number of hydrogen-bond acceptors (Lipinski definition) is 3. The lowest BCUT2D eigenvalue weighted by Crippen LogP contribution is -2.29. The summed E-state index contributed by atoms with van der Waals surface area (Å²) < 4.78 is 5.52. The summed E-state index contributed by atoms with van der Waals surface area (Å²) in [6, 6.07) is 7.18. The van der Waals surface area contributed by atoms with E-state index >= 15 is 0 Å². The van der Waals surface area contributed by atoms with Crippen molar-refractivity contribution in [3.05, 3.63) is 29.7 Å². The van der Waals surface area contributed by atoms with Gasteiger partial charge in [0.15, 0.2) is 11.5 Å². The predicted octanol–water partition coefficient (Wildman–Crippen LogP) is 3.38. The Bertz CT molecular complexity index is 538. The highest BCUT2D eigenvalue weighted by Crippen LogP contribution is 2.34. The van der Waals surface area contributed by atoms with Crippen LogP contribution in [0.5, 0.6) is 0 Å². The summed E-state index contributed by atoms with van der Waals surface area (Å²) in [5.41, 5.74) is 3.33. The number of aromatic nitrogens is 1.